The predicted molar refractivity (Wildman–Crippen MR) is 133 cm³/mol. The number of benzene rings is 2. The van der Waals surface area contributed by atoms with Crippen LogP contribution in [-0.2, 0) is 11.3 Å². The van der Waals surface area contributed by atoms with Crippen LogP contribution in [0.15, 0.2) is 45.1 Å². The van der Waals surface area contributed by atoms with Gasteiger partial charge in [0.25, 0.3) is 5.91 Å². The summed E-state index contributed by atoms with van der Waals surface area (Å²) >= 11 is 4.50. The lowest BCUT2D eigenvalue weighted by Gasteiger charge is -2.10. The van der Waals surface area contributed by atoms with Gasteiger partial charge >= 0.3 is 0 Å². The van der Waals surface area contributed by atoms with E-state index in [1.165, 1.54) is 25.1 Å². The molecule has 1 heterocycles. The number of thioether (sulfide) groups is 1. The molecule has 1 amide bonds. The lowest BCUT2D eigenvalue weighted by Crippen LogP contribution is -2.20. The van der Waals surface area contributed by atoms with E-state index in [0.29, 0.717) is 44.8 Å². The average Bonchev–Trinajstić information content (AvgIpc) is 3.27. The monoisotopic (exact) mass is 549 g/mol. The van der Waals surface area contributed by atoms with E-state index in [9.17, 15) is 9.90 Å². The first-order valence-electron chi connectivity index (χ1n) is 10.1. The van der Waals surface area contributed by atoms with Crippen LogP contribution in [0.2, 0.25) is 0 Å². The quantitative estimate of drug-likeness (QED) is 0.223. The number of hydrogen-bond acceptors (Lipinski definition) is 9. The third-order valence-corrected chi connectivity index (χ3v) is 6.25. The zero-order valence-electron chi connectivity index (χ0n) is 19.0. The Morgan fingerprint density at radius 1 is 1.15 bits per heavy atom. The molecule has 180 valence electrons. The van der Waals surface area contributed by atoms with Gasteiger partial charge in [0.1, 0.15) is 0 Å². The Balaban J connectivity index is 1.65. The fourth-order valence-electron chi connectivity index (χ4n) is 3.03. The largest absolute Gasteiger partial charge is 0.503 e. The number of carbonyl (C=O) groups excluding carboxylic acids is 1. The molecule has 1 aromatic heterocycles. The molecule has 0 fully saturated rings. The molecule has 3 rings (SSSR count). The van der Waals surface area contributed by atoms with Crippen LogP contribution in [0.3, 0.4) is 0 Å². The molecule has 0 saturated carbocycles. The molecule has 10 nitrogen and oxygen atoms in total. The molecule has 0 saturated heterocycles. The van der Waals surface area contributed by atoms with Gasteiger partial charge < -0.3 is 23.9 Å². The van der Waals surface area contributed by atoms with Crippen molar-refractivity contribution in [1.82, 2.24) is 20.2 Å². The second-order valence-corrected chi connectivity index (χ2v) is 8.55. The van der Waals surface area contributed by atoms with Crippen LogP contribution >= 0.6 is 27.7 Å². The van der Waals surface area contributed by atoms with Crippen LogP contribution in [0.4, 0.5) is 0 Å². The highest BCUT2D eigenvalue weighted by Gasteiger charge is 2.16. The van der Waals surface area contributed by atoms with Gasteiger partial charge in [0.15, 0.2) is 34.0 Å². The average molecular weight is 550 g/mol. The number of methoxy groups -OCH3 is 3. The Morgan fingerprint density at radius 3 is 2.56 bits per heavy atom. The number of ether oxygens (including phenoxy) is 3. The number of aromatic hydroxyl groups is 1. The van der Waals surface area contributed by atoms with Gasteiger partial charge in [0.2, 0.25) is 0 Å². The Hall–Kier alpha value is -3.25. The summed E-state index contributed by atoms with van der Waals surface area (Å²) in [4.78, 5) is 12.3. The zero-order chi connectivity index (χ0) is 24.7. The maximum atomic E-state index is 12.3. The van der Waals surface area contributed by atoms with Gasteiger partial charge in [-0.05, 0) is 58.7 Å². The molecular formula is C22H24BrN5O5S. The minimum absolute atomic E-state index is 0.00688. The number of phenols is 1. The summed E-state index contributed by atoms with van der Waals surface area (Å²) in [6.07, 6.45) is 1.46. The maximum Gasteiger partial charge on any atom is 0.250 e. The van der Waals surface area contributed by atoms with Gasteiger partial charge in [-0.2, -0.15) is 5.10 Å². The van der Waals surface area contributed by atoms with Gasteiger partial charge in [-0.15, -0.1) is 10.2 Å². The molecule has 0 atom stereocenters. The number of carbonyl (C=O) groups is 1. The van der Waals surface area contributed by atoms with E-state index in [1.807, 2.05) is 29.7 Å². The van der Waals surface area contributed by atoms with Crippen molar-refractivity contribution in [3.63, 3.8) is 0 Å². The first-order valence-corrected chi connectivity index (χ1v) is 11.9. The normalized spacial score (nSPS) is 11.0. The standard InChI is InChI=1S/C22H24BrN5O5S/c1-5-28-21(14-6-7-16(31-2)17(10-14)32-3)26-27-22(28)34-12-19(29)25-24-11-13-8-15(23)20(30)18(9-13)33-4/h6-11,30H,5,12H2,1-4H3,(H,25,29). The number of phenolic OH excluding ortho intramolecular Hbond substituents is 1. The molecule has 0 aliphatic heterocycles. The molecule has 2 N–H and O–H groups in total. The summed E-state index contributed by atoms with van der Waals surface area (Å²) in [6.45, 7) is 2.60. The van der Waals surface area contributed by atoms with E-state index in [2.05, 4.69) is 36.7 Å². The Labute approximate surface area is 209 Å². The Kier molecular flexibility index (Phi) is 8.77. The summed E-state index contributed by atoms with van der Waals surface area (Å²) in [5, 5.41) is 23.0. The highest BCUT2D eigenvalue weighted by atomic mass is 79.9. The molecular weight excluding hydrogens is 526 g/mol. The van der Waals surface area contributed by atoms with E-state index in [-0.39, 0.29) is 17.4 Å². The highest BCUT2D eigenvalue weighted by molar-refractivity contribution is 9.10. The number of nitrogens with zero attached hydrogens (tertiary/aromatic N) is 4. The van der Waals surface area contributed by atoms with Crippen molar-refractivity contribution >= 4 is 39.8 Å². The van der Waals surface area contributed by atoms with E-state index < -0.39 is 0 Å². The summed E-state index contributed by atoms with van der Waals surface area (Å²) < 4.78 is 18.1. The van der Waals surface area contributed by atoms with Gasteiger partial charge in [-0.1, -0.05) is 11.8 Å². The second kappa shape index (κ2) is 11.7. The van der Waals surface area contributed by atoms with Crippen LogP contribution in [0.5, 0.6) is 23.0 Å². The van der Waals surface area contributed by atoms with Crippen molar-refractivity contribution in [2.75, 3.05) is 27.1 Å². The van der Waals surface area contributed by atoms with Crippen LogP contribution in [0.25, 0.3) is 11.4 Å². The minimum Gasteiger partial charge on any atom is -0.503 e. The molecule has 0 bridgehead atoms. The molecule has 12 heteroatoms. The zero-order valence-corrected chi connectivity index (χ0v) is 21.4. The molecule has 0 radical (unpaired) electrons. The van der Waals surface area contributed by atoms with E-state index in [0.717, 1.165) is 5.56 Å². The van der Waals surface area contributed by atoms with Crippen LogP contribution in [0.1, 0.15) is 12.5 Å². The lowest BCUT2D eigenvalue weighted by atomic mass is 10.2. The highest BCUT2D eigenvalue weighted by Crippen LogP contribution is 2.35. The van der Waals surface area contributed by atoms with Crippen molar-refractivity contribution in [3.05, 3.63) is 40.4 Å². The Morgan fingerprint density at radius 2 is 1.88 bits per heavy atom. The number of amides is 1. The second-order valence-electron chi connectivity index (χ2n) is 6.76. The lowest BCUT2D eigenvalue weighted by molar-refractivity contribution is -0.118. The minimum atomic E-state index is -0.302. The number of hydrazone groups is 1. The maximum absolute atomic E-state index is 12.3. The number of rotatable bonds is 10. The van der Waals surface area contributed by atoms with E-state index in [4.69, 9.17) is 14.2 Å². The molecule has 0 aliphatic carbocycles. The molecule has 34 heavy (non-hydrogen) atoms. The number of halogens is 1. The van der Waals surface area contributed by atoms with Gasteiger partial charge in [0, 0.05) is 12.1 Å². The number of hydrogen-bond donors (Lipinski definition) is 2. The third kappa shape index (κ3) is 5.81. The molecule has 2 aromatic carbocycles. The first-order chi connectivity index (χ1) is 16.4. The van der Waals surface area contributed by atoms with Crippen molar-refractivity contribution in [2.45, 2.75) is 18.6 Å². The summed E-state index contributed by atoms with van der Waals surface area (Å²) in [5.74, 6) is 1.97. The summed E-state index contributed by atoms with van der Waals surface area (Å²) in [5.41, 5.74) is 3.94. The molecule has 3 aromatic rings. The fourth-order valence-corrected chi connectivity index (χ4v) is 4.29. The predicted octanol–water partition coefficient (Wildman–Crippen LogP) is 3.70. The van der Waals surface area contributed by atoms with Gasteiger partial charge in [-0.25, -0.2) is 5.43 Å². The summed E-state index contributed by atoms with van der Waals surface area (Å²) in [6, 6.07) is 8.78. The van der Waals surface area contributed by atoms with Crippen molar-refractivity contribution < 1.29 is 24.1 Å². The molecule has 0 aliphatic rings. The Bertz CT molecular complexity index is 1200. The first kappa shape index (κ1) is 25.4. The number of aromatic nitrogens is 3. The topological polar surface area (TPSA) is 120 Å². The summed E-state index contributed by atoms with van der Waals surface area (Å²) in [7, 11) is 4.61. The third-order valence-electron chi connectivity index (χ3n) is 4.68. The van der Waals surface area contributed by atoms with Crippen LogP contribution < -0.4 is 19.6 Å². The van der Waals surface area contributed by atoms with Crippen LogP contribution in [0, 0.1) is 0 Å². The molecule has 0 spiro atoms. The SMILES string of the molecule is CCn1c(SCC(=O)NN=Cc2cc(Br)c(O)c(OC)c2)nnc1-c1ccc(OC)c(OC)c1. The van der Waals surface area contributed by atoms with Gasteiger partial charge in [0.05, 0.1) is 37.8 Å². The smallest absolute Gasteiger partial charge is 0.250 e. The fraction of sp³-hybridized carbons (Fsp3) is 0.273. The van der Waals surface area contributed by atoms with E-state index >= 15 is 0 Å². The molecule has 0 unspecified atom stereocenters. The van der Waals surface area contributed by atoms with E-state index in [1.54, 1.807) is 26.4 Å². The van der Waals surface area contributed by atoms with Gasteiger partial charge in [-0.3, -0.25) is 4.79 Å². The van der Waals surface area contributed by atoms with Crippen molar-refractivity contribution in [3.8, 4) is 34.4 Å². The number of nitrogens with one attached hydrogen (secondary N) is 1. The van der Waals surface area contributed by atoms with Crippen molar-refractivity contribution in [1.29, 1.82) is 0 Å². The van der Waals surface area contributed by atoms with Crippen molar-refractivity contribution in [2.24, 2.45) is 5.10 Å². The van der Waals surface area contributed by atoms with Crippen LogP contribution in [-0.4, -0.2) is 59.1 Å².